The van der Waals surface area contributed by atoms with Crippen molar-refractivity contribution in [2.24, 2.45) is 0 Å². The number of anilines is 2. The Hall–Kier alpha value is -3.85. The van der Waals surface area contributed by atoms with Gasteiger partial charge in [0.2, 0.25) is 0 Å². The Labute approximate surface area is 203 Å². The summed E-state index contributed by atoms with van der Waals surface area (Å²) in [6, 6.07) is 10.9. The number of fused-ring (bicyclic) bond motifs is 2. The lowest BCUT2D eigenvalue weighted by Gasteiger charge is -2.29. The molecule has 0 unspecified atom stereocenters. The van der Waals surface area contributed by atoms with Gasteiger partial charge >= 0.3 is 6.09 Å². The van der Waals surface area contributed by atoms with E-state index in [0.717, 1.165) is 29.9 Å². The number of amides is 1. The van der Waals surface area contributed by atoms with E-state index in [-0.39, 0.29) is 5.56 Å². The smallest absolute Gasteiger partial charge is 0.412 e. The fourth-order valence-electron chi connectivity index (χ4n) is 4.23. The molecule has 0 atom stereocenters. The number of nitrogens with zero attached hydrogens (tertiary/aromatic N) is 2. The van der Waals surface area contributed by atoms with Crippen LogP contribution in [0.4, 0.5) is 16.2 Å². The summed E-state index contributed by atoms with van der Waals surface area (Å²) in [7, 11) is 0. The average molecular weight is 477 g/mol. The maximum absolute atomic E-state index is 12.5. The zero-order valence-corrected chi connectivity index (χ0v) is 20.0. The third kappa shape index (κ3) is 5.14. The fraction of sp³-hybridized carbons (Fsp3) is 0.346. The van der Waals surface area contributed by atoms with Crippen LogP contribution in [0, 0.1) is 0 Å². The van der Waals surface area contributed by atoms with Gasteiger partial charge in [0, 0.05) is 54.3 Å². The number of carbonyl (C=O) groups is 1. The first-order chi connectivity index (χ1) is 16.7. The Balaban J connectivity index is 1.42. The van der Waals surface area contributed by atoms with E-state index in [9.17, 15) is 9.59 Å². The Morgan fingerprint density at radius 2 is 1.91 bits per heavy atom. The Morgan fingerprint density at radius 1 is 1.11 bits per heavy atom. The highest BCUT2D eigenvalue weighted by molar-refractivity contribution is 5.85. The van der Waals surface area contributed by atoms with Gasteiger partial charge in [-0.3, -0.25) is 15.1 Å². The normalized spacial score (nSPS) is 15.0. The van der Waals surface area contributed by atoms with Gasteiger partial charge in [-0.25, -0.2) is 4.79 Å². The van der Waals surface area contributed by atoms with Gasteiger partial charge in [0.25, 0.3) is 5.56 Å². The number of morpholine rings is 1. The molecule has 4 heterocycles. The number of pyridine rings is 2. The second-order valence-corrected chi connectivity index (χ2v) is 9.59. The number of ether oxygens (including phenoxy) is 3. The molecular weight excluding hydrogens is 448 g/mol. The number of rotatable bonds is 3. The summed E-state index contributed by atoms with van der Waals surface area (Å²) < 4.78 is 17.0. The molecule has 9 nitrogen and oxygen atoms in total. The predicted molar refractivity (Wildman–Crippen MR) is 133 cm³/mol. The van der Waals surface area contributed by atoms with Gasteiger partial charge in [-0.1, -0.05) is 0 Å². The number of hydrogen-bond donors (Lipinski definition) is 2. The van der Waals surface area contributed by atoms with Crippen LogP contribution in [-0.2, 0) is 15.9 Å². The molecule has 3 aromatic rings. The molecule has 35 heavy (non-hydrogen) atoms. The van der Waals surface area contributed by atoms with Crippen molar-refractivity contribution < 1.29 is 19.0 Å². The van der Waals surface area contributed by atoms with Gasteiger partial charge < -0.3 is 24.1 Å². The molecule has 2 N–H and O–H groups in total. The molecule has 1 saturated heterocycles. The molecule has 5 rings (SSSR count). The van der Waals surface area contributed by atoms with E-state index in [0.29, 0.717) is 48.2 Å². The SMILES string of the molecule is CC(C)(C)OC(=O)Nc1ccc2c(c1)Cc1ccnc(-c3cc(N4CCOCC4)cc(=O)[nH]3)c1O2. The van der Waals surface area contributed by atoms with Crippen LogP contribution < -0.4 is 20.5 Å². The first-order valence-electron chi connectivity index (χ1n) is 11.6. The second kappa shape index (κ2) is 9.07. The van der Waals surface area contributed by atoms with Crippen LogP contribution in [0.3, 0.4) is 0 Å². The molecule has 9 heteroatoms. The van der Waals surface area contributed by atoms with E-state index in [4.69, 9.17) is 14.2 Å². The third-order valence-corrected chi connectivity index (χ3v) is 5.75. The largest absolute Gasteiger partial charge is 0.454 e. The summed E-state index contributed by atoms with van der Waals surface area (Å²) in [5.41, 5.74) is 3.73. The lowest BCUT2D eigenvalue weighted by atomic mass is 9.99. The minimum absolute atomic E-state index is 0.197. The quantitative estimate of drug-likeness (QED) is 0.454. The van der Waals surface area contributed by atoms with Gasteiger partial charge in [0.15, 0.2) is 5.75 Å². The number of H-pyrrole nitrogens is 1. The van der Waals surface area contributed by atoms with Gasteiger partial charge in [0.1, 0.15) is 17.0 Å². The summed E-state index contributed by atoms with van der Waals surface area (Å²) in [4.78, 5) is 34.2. The number of nitrogens with one attached hydrogen (secondary N) is 2. The molecule has 182 valence electrons. The van der Waals surface area contributed by atoms with Crippen molar-refractivity contribution in [1.29, 1.82) is 0 Å². The minimum Gasteiger partial charge on any atom is -0.454 e. The van der Waals surface area contributed by atoms with E-state index in [2.05, 4.69) is 20.2 Å². The molecule has 0 radical (unpaired) electrons. The Kier molecular flexibility index (Phi) is 5.94. The van der Waals surface area contributed by atoms with Crippen molar-refractivity contribution in [3.63, 3.8) is 0 Å². The summed E-state index contributed by atoms with van der Waals surface area (Å²) in [6.07, 6.45) is 1.80. The molecule has 0 aliphatic carbocycles. The molecule has 1 fully saturated rings. The molecule has 1 aromatic carbocycles. The van der Waals surface area contributed by atoms with Gasteiger partial charge in [0.05, 0.1) is 18.9 Å². The topological polar surface area (TPSA) is 106 Å². The standard InChI is InChI=1S/C26H28N4O5/c1-26(2,3)35-25(32)28-18-4-5-21-17(13-18)12-16-6-7-27-23(24(16)34-21)20-14-19(15-22(31)29-20)30-8-10-33-11-9-30/h4-7,13-15H,8-12H2,1-3H3,(H,28,32)(H,29,31). The molecule has 0 saturated carbocycles. The molecule has 1 amide bonds. The number of aromatic amines is 1. The lowest BCUT2D eigenvalue weighted by molar-refractivity contribution is 0.0636. The number of aromatic nitrogens is 2. The van der Waals surface area contributed by atoms with Crippen molar-refractivity contribution in [2.45, 2.75) is 32.8 Å². The van der Waals surface area contributed by atoms with E-state index in [1.165, 1.54) is 0 Å². The van der Waals surface area contributed by atoms with Crippen LogP contribution in [0.1, 0.15) is 31.9 Å². The van der Waals surface area contributed by atoms with Crippen LogP contribution in [0.2, 0.25) is 0 Å². The summed E-state index contributed by atoms with van der Waals surface area (Å²) in [5, 5.41) is 2.77. The minimum atomic E-state index is -0.580. The average Bonchev–Trinajstić information content (AvgIpc) is 2.81. The zero-order chi connectivity index (χ0) is 24.6. The first-order valence-corrected chi connectivity index (χ1v) is 11.6. The van der Waals surface area contributed by atoms with Crippen LogP contribution >= 0.6 is 0 Å². The summed E-state index contributed by atoms with van der Waals surface area (Å²) >= 11 is 0. The van der Waals surface area contributed by atoms with E-state index < -0.39 is 11.7 Å². The van der Waals surface area contributed by atoms with E-state index >= 15 is 0 Å². The predicted octanol–water partition coefficient (Wildman–Crippen LogP) is 4.32. The molecule has 0 spiro atoms. The van der Waals surface area contributed by atoms with Crippen LogP contribution in [0.25, 0.3) is 11.4 Å². The van der Waals surface area contributed by atoms with Crippen molar-refractivity contribution >= 4 is 17.5 Å². The molecule has 2 aliphatic rings. The van der Waals surface area contributed by atoms with Gasteiger partial charge in [-0.2, -0.15) is 0 Å². The number of benzene rings is 1. The van der Waals surface area contributed by atoms with Gasteiger partial charge in [-0.15, -0.1) is 0 Å². The monoisotopic (exact) mass is 476 g/mol. The maximum atomic E-state index is 12.5. The highest BCUT2D eigenvalue weighted by atomic mass is 16.6. The Bertz CT molecular complexity index is 1320. The summed E-state index contributed by atoms with van der Waals surface area (Å²) in [6.45, 7) is 8.18. The molecule has 0 bridgehead atoms. The van der Waals surface area contributed by atoms with Crippen LogP contribution in [-0.4, -0.2) is 48.0 Å². The number of hydrogen-bond acceptors (Lipinski definition) is 7. The molecule has 2 aliphatic heterocycles. The second-order valence-electron chi connectivity index (χ2n) is 9.59. The third-order valence-electron chi connectivity index (χ3n) is 5.75. The van der Waals surface area contributed by atoms with E-state index in [1.807, 2.05) is 45.0 Å². The number of carbonyl (C=O) groups excluding carboxylic acids is 1. The zero-order valence-electron chi connectivity index (χ0n) is 20.0. The highest BCUT2D eigenvalue weighted by Crippen LogP contribution is 2.42. The van der Waals surface area contributed by atoms with Crippen molar-refractivity contribution in [1.82, 2.24) is 9.97 Å². The van der Waals surface area contributed by atoms with Crippen LogP contribution in [0.5, 0.6) is 11.5 Å². The Morgan fingerprint density at radius 3 is 2.69 bits per heavy atom. The highest BCUT2D eigenvalue weighted by Gasteiger charge is 2.24. The van der Waals surface area contributed by atoms with Crippen molar-refractivity contribution in [2.75, 3.05) is 36.5 Å². The van der Waals surface area contributed by atoms with Crippen molar-refractivity contribution in [3.8, 4) is 22.9 Å². The van der Waals surface area contributed by atoms with Gasteiger partial charge in [-0.05, 0) is 51.1 Å². The van der Waals surface area contributed by atoms with Crippen LogP contribution in [0.15, 0.2) is 47.4 Å². The first kappa shape index (κ1) is 22.9. The molecule has 2 aromatic heterocycles. The molecular formula is C26H28N4O5. The fourth-order valence-corrected chi connectivity index (χ4v) is 4.23. The maximum Gasteiger partial charge on any atom is 0.412 e. The lowest BCUT2D eigenvalue weighted by Crippen LogP contribution is -2.36. The van der Waals surface area contributed by atoms with E-state index in [1.54, 1.807) is 18.3 Å². The van der Waals surface area contributed by atoms with Crippen molar-refractivity contribution in [3.05, 3.63) is 64.1 Å². The summed E-state index contributed by atoms with van der Waals surface area (Å²) in [5.74, 6) is 1.29.